The topological polar surface area (TPSA) is 21.7 Å². The Bertz CT molecular complexity index is 348. The van der Waals surface area contributed by atoms with Gasteiger partial charge in [0.25, 0.3) is 0 Å². The molecule has 1 aliphatic heterocycles. The zero-order valence-electron chi connectivity index (χ0n) is 11.2. The normalized spacial score (nSPS) is 16.7. The molecule has 1 aliphatic rings. The van der Waals surface area contributed by atoms with Gasteiger partial charge in [0.05, 0.1) is 19.8 Å². The van der Waals surface area contributed by atoms with Crippen molar-refractivity contribution in [1.29, 1.82) is 0 Å². The van der Waals surface area contributed by atoms with Crippen molar-refractivity contribution in [2.24, 2.45) is 0 Å². The van der Waals surface area contributed by atoms with Crippen molar-refractivity contribution in [1.82, 2.24) is 4.90 Å². The molecule has 0 unspecified atom stereocenters. The van der Waals surface area contributed by atoms with Crippen LogP contribution in [-0.2, 0) is 11.2 Å². The number of benzene rings is 1. The standard InChI is InChI=1S/C15H23NO2/c1-2-14-6-3-4-7-15(14)18-11-5-8-16-9-12-17-13-10-16/h3-4,6-7H,2,5,8-13H2,1H3. The molecule has 0 aromatic heterocycles. The molecule has 0 saturated carbocycles. The van der Waals surface area contributed by atoms with E-state index >= 15 is 0 Å². The molecule has 3 nitrogen and oxygen atoms in total. The summed E-state index contributed by atoms with van der Waals surface area (Å²) in [6.07, 6.45) is 2.11. The summed E-state index contributed by atoms with van der Waals surface area (Å²) in [5.74, 6) is 1.04. The van der Waals surface area contributed by atoms with E-state index < -0.39 is 0 Å². The van der Waals surface area contributed by atoms with E-state index in [1.165, 1.54) is 5.56 Å². The lowest BCUT2D eigenvalue weighted by atomic mass is 10.1. The van der Waals surface area contributed by atoms with Crippen LogP contribution < -0.4 is 4.74 Å². The summed E-state index contributed by atoms with van der Waals surface area (Å²) in [5.41, 5.74) is 1.30. The molecular formula is C15H23NO2. The van der Waals surface area contributed by atoms with E-state index in [4.69, 9.17) is 9.47 Å². The zero-order chi connectivity index (χ0) is 12.6. The molecule has 1 saturated heterocycles. The van der Waals surface area contributed by atoms with Crippen LogP contribution in [0, 0.1) is 0 Å². The maximum Gasteiger partial charge on any atom is 0.122 e. The summed E-state index contributed by atoms with van der Waals surface area (Å²) < 4.78 is 11.2. The van der Waals surface area contributed by atoms with Gasteiger partial charge >= 0.3 is 0 Å². The Labute approximate surface area is 110 Å². The first-order chi connectivity index (χ1) is 8.90. The quantitative estimate of drug-likeness (QED) is 0.722. The van der Waals surface area contributed by atoms with Gasteiger partial charge in [-0.25, -0.2) is 0 Å². The average molecular weight is 249 g/mol. The Hall–Kier alpha value is -1.06. The minimum atomic E-state index is 0.800. The molecule has 2 rings (SSSR count). The van der Waals surface area contributed by atoms with Gasteiger partial charge < -0.3 is 9.47 Å². The van der Waals surface area contributed by atoms with Crippen LogP contribution in [-0.4, -0.2) is 44.4 Å². The van der Waals surface area contributed by atoms with Gasteiger partial charge in [0.2, 0.25) is 0 Å². The lowest BCUT2D eigenvalue weighted by Crippen LogP contribution is -2.37. The molecule has 0 amide bonds. The molecule has 100 valence electrons. The van der Waals surface area contributed by atoms with E-state index in [0.29, 0.717) is 0 Å². The lowest BCUT2D eigenvalue weighted by molar-refractivity contribution is 0.0358. The van der Waals surface area contributed by atoms with Crippen LogP contribution in [0.1, 0.15) is 18.9 Å². The minimum Gasteiger partial charge on any atom is -0.493 e. The molecule has 1 heterocycles. The molecule has 1 aromatic carbocycles. The molecule has 0 aliphatic carbocycles. The highest BCUT2D eigenvalue weighted by molar-refractivity contribution is 5.33. The van der Waals surface area contributed by atoms with Crippen molar-refractivity contribution in [3.63, 3.8) is 0 Å². The molecule has 1 fully saturated rings. The van der Waals surface area contributed by atoms with Gasteiger partial charge in [-0.3, -0.25) is 4.90 Å². The van der Waals surface area contributed by atoms with Crippen molar-refractivity contribution in [2.75, 3.05) is 39.5 Å². The fraction of sp³-hybridized carbons (Fsp3) is 0.600. The van der Waals surface area contributed by atoms with Gasteiger partial charge in [-0.05, 0) is 24.5 Å². The summed E-state index contributed by atoms with van der Waals surface area (Å²) in [4.78, 5) is 2.44. The molecule has 0 bridgehead atoms. The summed E-state index contributed by atoms with van der Waals surface area (Å²) in [6, 6.07) is 8.31. The number of hydrogen-bond acceptors (Lipinski definition) is 3. The van der Waals surface area contributed by atoms with Gasteiger partial charge in [-0.1, -0.05) is 25.1 Å². The number of para-hydroxylation sites is 1. The van der Waals surface area contributed by atoms with Gasteiger partial charge in [0.15, 0.2) is 0 Å². The maximum absolute atomic E-state index is 5.86. The molecule has 0 spiro atoms. The Morgan fingerprint density at radius 2 is 2.00 bits per heavy atom. The van der Waals surface area contributed by atoms with Gasteiger partial charge in [-0.15, -0.1) is 0 Å². The zero-order valence-corrected chi connectivity index (χ0v) is 11.2. The van der Waals surface area contributed by atoms with E-state index in [-0.39, 0.29) is 0 Å². The number of rotatable bonds is 6. The lowest BCUT2D eigenvalue weighted by Gasteiger charge is -2.26. The highest BCUT2D eigenvalue weighted by Crippen LogP contribution is 2.18. The van der Waals surface area contributed by atoms with E-state index in [1.54, 1.807) is 0 Å². The Balaban J connectivity index is 1.68. The number of nitrogens with zero attached hydrogens (tertiary/aromatic N) is 1. The van der Waals surface area contributed by atoms with E-state index in [2.05, 4.69) is 30.0 Å². The van der Waals surface area contributed by atoms with Gasteiger partial charge in [0, 0.05) is 19.6 Å². The second-order valence-electron chi connectivity index (χ2n) is 4.62. The molecule has 18 heavy (non-hydrogen) atoms. The Morgan fingerprint density at radius 1 is 1.22 bits per heavy atom. The maximum atomic E-state index is 5.86. The fourth-order valence-electron chi connectivity index (χ4n) is 2.23. The molecular weight excluding hydrogens is 226 g/mol. The summed E-state index contributed by atoms with van der Waals surface area (Å²) in [5, 5.41) is 0. The third kappa shape index (κ3) is 4.00. The molecule has 3 heteroatoms. The monoisotopic (exact) mass is 249 g/mol. The Kier molecular flexibility index (Phi) is 5.49. The van der Waals surface area contributed by atoms with Crippen molar-refractivity contribution in [3.8, 4) is 5.75 Å². The van der Waals surface area contributed by atoms with Crippen LogP contribution in [0.2, 0.25) is 0 Å². The molecule has 0 radical (unpaired) electrons. The Morgan fingerprint density at radius 3 is 2.78 bits per heavy atom. The first kappa shape index (κ1) is 13.4. The second kappa shape index (κ2) is 7.39. The summed E-state index contributed by atoms with van der Waals surface area (Å²) in [7, 11) is 0. The van der Waals surface area contributed by atoms with Crippen LogP contribution in [0.15, 0.2) is 24.3 Å². The van der Waals surface area contributed by atoms with Crippen molar-refractivity contribution in [3.05, 3.63) is 29.8 Å². The number of hydrogen-bond donors (Lipinski definition) is 0. The molecule has 0 N–H and O–H groups in total. The predicted octanol–water partition coefficient (Wildman–Crippen LogP) is 2.35. The first-order valence-electron chi connectivity index (χ1n) is 6.91. The van der Waals surface area contributed by atoms with E-state index in [9.17, 15) is 0 Å². The number of aryl methyl sites for hydroxylation is 1. The average Bonchev–Trinajstić information content (AvgIpc) is 2.45. The minimum absolute atomic E-state index is 0.800. The van der Waals surface area contributed by atoms with E-state index in [0.717, 1.165) is 58.0 Å². The van der Waals surface area contributed by atoms with Crippen LogP contribution in [0.25, 0.3) is 0 Å². The summed E-state index contributed by atoms with van der Waals surface area (Å²) in [6.45, 7) is 7.94. The first-order valence-corrected chi connectivity index (χ1v) is 6.91. The predicted molar refractivity (Wildman–Crippen MR) is 73.2 cm³/mol. The van der Waals surface area contributed by atoms with E-state index in [1.807, 2.05) is 6.07 Å². The van der Waals surface area contributed by atoms with Gasteiger partial charge in [-0.2, -0.15) is 0 Å². The summed E-state index contributed by atoms with van der Waals surface area (Å²) >= 11 is 0. The van der Waals surface area contributed by atoms with Crippen LogP contribution in [0.3, 0.4) is 0 Å². The van der Waals surface area contributed by atoms with Crippen molar-refractivity contribution in [2.45, 2.75) is 19.8 Å². The van der Waals surface area contributed by atoms with Crippen LogP contribution in [0.4, 0.5) is 0 Å². The largest absolute Gasteiger partial charge is 0.493 e. The smallest absolute Gasteiger partial charge is 0.122 e. The number of morpholine rings is 1. The second-order valence-corrected chi connectivity index (χ2v) is 4.62. The highest BCUT2D eigenvalue weighted by atomic mass is 16.5. The van der Waals surface area contributed by atoms with Crippen LogP contribution in [0.5, 0.6) is 5.75 Å². The number of ether oxygens (including phenoxy) is 2. The molecule has 1 aromatic rings. The SMILES string of the molecule is CCc1ccccc1OCCCN1CCOCC1. The van der Waals surface area contributed by atoms with Crippen LogP contribution >= 0.6 is 0 Å². The van der Waals surface area contributed by atoms with Crippen molar-refractivity contribution < 1.29 is 9.47 Å². The third-order valence-electron chi connectivity index (χ3n) is 3.33. The highest BCUT2D eigenvalue weighted by Gasteiger charge is 2.09. The van der Waals surface area contributed by atoms with Crippen molar-refractivity contribution >= 4 is 0 Å². The van der Waals surface area contributed by atoms with Gasteiger partial charge in [0.1, 0.15) is 5.75 Å². The third-order valence-corrected chi connectivity index (χ3v) is 3.33. The molecule has 0 atom stereocenters. The fourth-order valence-corrected chi connectivity index (χ4v) is 2.23.